The summed E-state index contributed by atoms with van der Waals surface area (Å²) in [5.41, 5.74) is 0. The average Bonchev–Trinajstić information content (AvgIpc) is 1.96. The van der Waals surface area contributed by atoms with Crippen LogP contribution in [-0.4, -0.2) is 39.0 Å². The van der Waals surface area contributed by atoms with E-state index in [9.17, 15) is 26.5 Å². The lowest BCUT2D eigenvalue weighted by atomic mass is 10.6. The molecule has 0 aromatic heterocycles. The SMILES string of the molecule is COP(=O)(O)OC(F)(F)C(F)(F)F.O=P(O)(O)O. The third kappa shape index (κ3) is 11.0. The van der Waals surface area contributed by atoms with Crippen molar-refractivity contribution in [1.29, 1.82) is 0 Å². The van der Waals surface area contributed by atoms with Crippen molar-refractivity contribution in [2.24, 2.45) is 0 Å². The van der Waals surface area contributed by atoms with Gasteiger partial charge in [-0.2, -0.15) is 22.0 Å². The van der Waals surface area contributed by atoms with Gasteiger partial charge >= 0.3 is 27.9 Å². The summed E-state index contributed by atoms with van der Waals surface area (Å²) in [6.45, 7) is 0. The third-order valence-corrected chi connectivity index (χ3v) is 1.71. The number of phosphoric ester groups is 1. The van der Waals surface area contributed by atoms with Crippen molar-refractivity contribution in [3.63, 3.8) is 0 Å². The molecule has 112 valence electrons. The summed E-state index contributed by atoms with van der Waals surface area (Å²) in [5.74, 6) is 0. The summed E-state index contributed by atoms with van der Waals surface area (Å²) < 4.78 is 82.7. The van der Waals surface area contributed by atoms with Crippen molar-refractivity contribution < 1.29 is 59.7 Å². The van der Waals surface area contributed by atoms with Crippen LogP contribution in [0.3, 0.4) is 0 Å². The van der Waals surface area contributed by atoms with Gasteiger partial charge in [0.05, 0.1) is 0 Å². The van der Waals surface area contributed by atoms with Gasteiger partial charge in [-0.05, 0) is 0 Å². The molecule has 0 rings (SSSR count). The summed E-state index contributed by atoms with van der Waals surface area (Å²) in [7, 11) is -9.55. The Hall–Kier alpha value is -0.130. The molecule has 0 saturated carbocycles. The summed E-state index contributed by atoms with van der Waals surface area (Å²) >= 11 is 0. The zero-order valence-electron chi connectivity index (χ0n) is 8.21. The van der Waals surface area contributed by atoms with Crippen molar-refractivity contribution >= 4 is 15.6 Å². The fourth-order valence-electron chi connectivity index (χ4n) is 0.234. The van der Waals surface area contributed by atoms with Gasteiger partial charge in [0, 0.05) is 7.11 Å². The second-order valence-electron chi connectivity index (χ2n) is 2.27. The second-order valence-corrected chi connectivity index (χ2v) is 4.78. The van der Waals surface area contributed by atoms with Gasteiger partial charge < -0.3 is 19.6 Å². The van der Waals surface area contributed by atoms with E-state index in [1.54, 1.807) is 0 Å². The van der Waals surface area contributed by atoms with Crippen LogP contribution in [0.4, 0.5) is 22.0 Å². The van der Waals surface area contributed by atoms with Gasteiger partial charge in [-0.15, -0.1) is 0 Å². The number of hydrogen-bond acceptors (Lipinski definition) is 4. The van der Waals surface area contributed by atoms with Gasteiger partial charge in [0.2, 0.25) is 0 Å². The molecule has 0 spiro atoms. The summed E-state index contributed by atoms with van der Waals surface area (Å²) in [5, 5.41) is 0. The Labute approximate surface area is 95.8 Å². The molecule has 0 bridgehead atoms. The number of alkyl halides is 5. The van der Waals surface area contributed by atoms with Gasteiger partial charge in [-0.3, -0.25) is 4.52 Å². The van der Waals surface area contributed by atoms with Crippen LogP contribution >= 0.6 is 15.6 Å². The maximum atomic E-state index is 11.9. The van der Waals surface area contributed by atoms with Gasteiger partial charge in [0.1, 0.15) is 0 Å². The molecule has 0 aliphatic rings. The highest BCUT2D eigenvalue weighted by atomic mass is 31.2. The molecule has 0 saturated heterocycles. The highest BCUT2D eigenvalue weighted by Crippen LogP contribution is 2.52. The smallest absolute Gasteiger partial charge is 0.303 e. The largest absolute Gasteiger partial charge is 0.483 e. The standard InChI is InChI=1S/C3H4F5O4P.H3O4P/c1-11-13(9,10)12-3(7,8)2(4,5)6;1-5(2,3)4/h1H3,(H,9,10);(H3,1,2,3,4). The topological polar surface area (TPSA) is 134 Å². The fraction of sp³-hybridized carbons (Fsp3) is 1.00. The molecule has 0 aromatic carbocycles. The third-order valence-electron chi connectivity index (χ3n) is 0.791. The minimum atomic E-state index is -6.07. The molecule has 0 aliphatic heterocycles. The van der Waals surface area contributed by atoms with Crippen molar-refractivity contribution in [2.75, 3.05) is 7.11 Å². The number of rotatable bonds is 3. The normalized spacial score (nSPS) is 16.6. The number of halogens is 5. The zero-order chi connectivity index (χ0) is 15.4. The van der Waals surface area contributed by atoms with Crippen LogP contribution in [0.15, 0.2) is 0 Å². The van der Waals surface area contributed by atoms with Crippen LogP contribution in [0.1, 0.15) is 0 Å². The van der Waals surface area contributed by atoms with Gasteiger partial charge in [-0.25, -0.2) is 13.7 Å². The Bertz CT molecular complexity index is 339. The second kappa shape index (κ2) is 6.35. The van der Waals surface area contributed by atoms with E-state index in [1.165, 1.54) is 0 Å². The molecule has 15 heteroatoms. The van der Waals surface area contributed by atoms with E-state index < -0.39 is 27.9 Å². The van der Waals surface area contributed by atoms with Crippen LogP contribution in [0.2, 0.25) is 0 Å². The molecule has 0 radical (unpaired) electrons. The predicted octanol–water partition coefficient (Wildman–Crippen LogP) is 0.976. The highest BCUT2D eigenvalue weighted by molar-refractivity contribution is 7.47. The maximum Gasteiger partial charge on any atom is 0.483 e. The van der Waals surface area contributed by atoms with E-state index in [0.29, 0.717) is 7.11 Å². The number of phosphoric acid groups is 2. The summed E-state index contributed by atoms with van der Waals surface area (Å²) in [4.78, 5) is 29.7. The Morgan fingerprint density at radius 3 is 1.39 bits per heavy atom. The first-order chi connectivity index (χ1) is 7.52. The number of hydrogen-bond donors (Lipinski definition) is 4. The molecule has 8 nitrogen and oxygen atoms in total. The lowest BCUT2D eigenvalue weighted by Gasteiger charge is -2.20. The van der Waals surface area contributed by atoms with Crippen LogP contribution < -0.4 is 0 Å². The minimum absolute atomic E-state index is 0.452. The van der Waals surface area contributed by atoms with Crippen LogP contribution in [0.5, 0.6) is 0 Å². The quantitative estimate of drug-likeness (QED) is 0.445. The van der Waals surface area contributed by atoms with Crippen molar-refractivity contribution in [3.05, 3.63) is 0 Å². The van der Waals surface area contributed by atoms with E-state index in [1.807, 2.05) is 0 Å². The van der Waals surface area contributed by atoms with E-state index >= 15 is 0 Å². The Kier molecular flexibility index (Phi) is 7.12. The molecule has 4 N–H and O–H groups in total. The molecule has 0 aliphatic carbocycles. The minimum Gasteiger partial charge on any atom is -0.303 e. The predicted molar refractivity (Wildman–Crippen MR) is 43.2 cm³/mol. The first-order valence-corrected chi connectivity index (χ1v) is 6.40. The van der Waals surface area contributed by atoms with Crippen LogP contribution in [0, 0.1) is 0 Å². The van der Waals surface area contributed by atoms with Gasteiger partial charge in [0.25, 0.3) is 0 Å². The molecule has 0 heterocycles. The molecule has 0 amide bonds. The van der Waals surface area contributed by atoms with Crippen molar-refractivity contribution in [3.8, 4) is 0 Å². The first-order valence-electron chi connectivity index (χ1n) is 3.34. The zero-order valence-corrected chi connectivity index (χ0v) is 9.99. The van der Waals surface area contributed by atoms with Crippen molar-refractivity contribution in [2.45, 2.75) is 12.3 Å². The molecule has 1 unspecified atom stereocenters. The molecule has 0 fully saturated rings. The van der Waals surface area contributed by atoms with Crippen LogP contribution in [0.25, 0.3) is 0 Å². The van der Waals surface area contributed by atoms with E-state index in [-0.39, 0.29) is 0 Å². The molecule has 18 heavy (non-hydrogen) atoms. The van der Waals surface area contributed by atoms with Gasteiger partial charge in [0.15, 0.2) is 0 Å². The monoisotopic (exact) mass is 328 g/mol. The summed E-state index contributed by atoms with van der Waals surface area (Å²) in [6, 6.07) is 0. The van der Waals surface area contributed by atoms with E-state index in [2.05, 4.69) is 9.05 Å². The Morgan fingerprint density at radius 2 is 1.22 bits per heavy atom. The average molecular weight is 328 g/mol. The molecular weight excluding hydrogens is 321 g/mol. The lowest BCUT2D eigenvalue weighted by Crippen LogP contribution is -2.38. The first kappa shape index (κ1) is 20.2. The lowest BCUT2D eigenvalue weighted by molar-refractivity contribution is -0.365. The maximum absolute atomic E-state index is 11.9. The van der Waals surface area contributed by atoms with E-state index in [0.717, 1.165) is 0 Å². The highest BCUT2D eigenvalue weighted by Gasteiger charge is 2.62. The fourth-order valence-corrected chi connectivity index (χ4v) is 0.702. The molecule has 1 atom stereocenters. The van der Waals surface area contributed by atoms with Gasteiger partial charge in [-0.1, -0.05) is 0 Å². The molecular formula is C3H7F5O8P2. The Balaban J connectivity index is 0. The Morgan fingerprint density at radius 1 is 0.944 bits per heavy atom. The van der Waals surface area contributed by atoms with Crippen LogP contribution in [-0.2, 0) is 18.2 Å². The summed E-state index contributed by atoms with van der Waals surface area (Å²) in [6.07, 6.45) is -11.8. The van der Waals surface area contributed by atoms with E-state index in [4.69, 9.17) is 24.1 Å². The van der Waals surface area contributed by atoms with Crippen molar-refractivity contribution in [1.82, 2.24) is 0 Å². The molecule has 0 aromatic rings.